The summed E-state index contributed by atoms with van der Waals surface area (Å²) in [6.45, 7) is 2.69. The second kappa shape index (κ2) is 7.93. The molecule has 0 aliphatic carbocycles. The molecule has 3 heteroatoms. The Morgan fingerprint density at radius 2 is 1.57 bits per heavy atom. The van der Waals surface area contributed by atoms with Gasteiger partial charge < -0.3 is 9.64 Å². The van der Waals surface area contributed by atoms with Crippen molar-refractivity contribution in [1.82, 2.24) is 4.90 Å². The molecule has 0 radical (unpaired) electrons. The van der Waals surface area contributed by atoms with Crippen LogP contribution in [0.4, 0.5) is 0 Å². The molecule has 0 aromatic heterocycles. The second-order valence-corrected chi connectivity index (χ2v) is 5.93. The summed E-state index contributed by atoms with van der Waals surface area (Å²) in [7, 11) is 0. The minimum absolute atomic E-state index is 0.0745. The van der Waals surface area contributed by atoms with Crippen LogP contribution in [0.2, 0.25) is 0 Å². The SMILES string of the molecule is O=C(C(CCc1ccccc1)c1ccccc1)N1CCOCC1. The van der Waals surface area contributed by atoms with E-state index in [2.05, 4.69) is 36.4 Å². The van der Waals surface area contributed by atoms with Crippen LogP contribution in [0.5, 0.6) is 0 Å². The summed E-state index contributed by atoms with van der Waals surface area (Å²) in [5.74, 6) is 0.157. The highest BCUT2D eigenvalue weighted by atomic mass is 16.5. The number of ether oxygens (including phenoxy) is 1. The molecule has 0 bridgehead atoms. The number of carbonyl (C=O) groups is 1. The first-order chi connectivity index (χ1) is 11.3. The Bertz CT molecular complexity index is 606. The van der Waals surface area contributed by atoms with Gasteiger partial charge in [-0.1, -0.05) is 60.7 Å². The van der Waals surface area contributed by atoms with Crippen LogP contribution in [0.25, 0.3) is 0 Å². The van der Waals surface area contributed by atoms with Crippen molar-refractivity contribution in [3.05, 3.63) is 71.8 Å². The number of hydrogen-bond acceptors (Lipinski definition) is 2. The summed E-state index contributed by atoms with van der Waals surface area (Å²) in [6.07, 6.45) is 1.75. The molecule has 1 saturated heterocycles. The van der Waals surface area contributed by atoms with E-state index in [1.807, 2.05) is 29.2 Å². The Labute approximate surface area is 137 Å². The molecule has 1 aliphatic rings. The number of morpholine rings is 1. The maximum Gasteiger partial charge on any atom is 0.230 e. The molecule has 2 aromatic carbocycles. The lowest BCUT2D eigenvalue weighted by Crippen LogP contribution is -2.43. The van der Waals surface area contributed by atoms with Crippen molar-refractivity contribution in [3.63, 3.8) is 0 Å². The molecule has 2 aromatic rings. The number of nitrogens with zero attached hydrogens (tertiary/aromatic N) is 1. The Morgan fingerprint density at radius 3 is 2.22 bits per heavy atom. The molecule has 3 nitrogen and oxygen atoms in total. The van der Waals surface area contributed by atoms with Crippen molar-refractivity contribution in [3.8, 4) is 0 Å². The number of rotatable bonds is 5. The summed E-state index contributed by atoms with van der Waals surface area (Å²) < 4.78 is 5.37. The van der Waals surface area contributed by atoms with Gasteiger partial charge in [-0.15, -0.1) is 0 Å². The molecule has 1 fully saturated rings. The van der Waals surface area contributed by atoms with E-state index in [9.17, 15) is 4.79 Å². The number of aryl methyl sites for hydroxylation is 1. The van der Waals surface area contributed by atoms with Gasteiger partial charge in [0.1, 0.15) is 0 Å². The molecule has 0 N–H and O–H groups in total. The zero-order chi connectivity index (χ0) is 15.9. The van der Waals surface area contributed by atoms with Crippen LogP contribution in [-0.2, 0) is 16.0 Å². The quantitative estimate of drug-likeness (QED) is 0.848. The summed E-state index contributed by atoms with van der Waals surface area (Å²) in [5.41, 5.74) is 2.39. The molecule has 3 rings (SSSR count). The molecule has 1 unspecified atom stereocenters. The van der Waals surface area contributed by atoms with Crippen LogP contribution in [-0.4, -0.2) is 37.1 Å². The number of amides is 1. The first kappa shape index (κ1) is 15.8. The average Bonchev–Trinajstić information content (AvgIpc) is 2.64. The van der Waals surface area contributed by atoms with Crippen molar-refractivity contribution in [2.75, 3.05) is 26.3 Å². The van der Waals surface area contributed by atoms with Crippen LogP contribution in [0, 0.1) is 0 Å². The van der Waals surface area contributed by atoms with Gasteiger partial charge in [0.25, 0.3) is 0 Å². The minimum Gasteiger partial charge on any atom is -0.378 e. The van der Waals surface area contributed by atoms with E-state index < -0.39 is 0 Å². The van der Waals surface area contributed by atoms with Crippen LogP contribution in [0.3, 0.4) is 0 Å². The van der Waals surface area contributed by atoms with Crippen molar-refractivity contribution in [2.24, 2.45) is 0 Å². The smallest absolute Gasteiger partial charge is 0.230 e. The van der Waals surface area contributed by atoms with E-state index in [-0.39, 0.29) is 11.8 Å². The van der Waals surface area contributed by atoms with Gasteiger partial charge in [-0.05, 0) is 24.0 Å². The van der Waals surface area contributed by atoms with E-state index in [4.69, 9.17) is 4.74 Å². The lowest BCUT2D eigenvalue weighted by Gasteiger charge is -2.30. The third-order valence-electron chi connectivity index (χ3n) is 4.39. The maximum atomic E-state index is 13.0. The largest absolute Gasteiger partial charge is 0.378 e. The highest BCUT2D eigenvalue weighted by Crippen LogP contribution is 2.25. The lowest BCUT2D eigenvalue weighted by atomic mass is 9.91. The van der Waals surface area contributed by atoms with Gasteiger partial charge in [-0.3, -0.25) is 4.79 Å². The van der Waals surface area contributed by atoms with E-state index in [1.54, 1.807) is 0 Å². The maximum absolute atomic E-state index is 13.0. The van der Waals surface area contributed by atoms with Crippen molar-refractivity contribution in [2.45, 2.75) is 18.8 Å². The Hall–Kier alpha value is -2.13. The minimum atomic E-state index is -0.0745. The Balaban J connectivity index is 1.74. The molecule has 120 valence electrons. The molecular weight excluding hydrogens is 286 g/mol. The summed E-state index contributed by atoms with van der Waals surface area (Å²) in [5, 5.41) is 0. The summed E-state index contributed by atoms with van der Waals surface area (Å²) in [6, 6.07) is 20.5. The third-order valence-corrected chi connectivity index (χ3v) is 4.39. The molecule has 1 amide bonds. The standard InChI is InChI=1S/C20H23NO2/c22-20(21-13-15-23-16-14-21)19(18-9-5-2-6-10-18)12-11-17-7-3-1-4-8-17/h1-10,19H,11-16H2. The van der Waals surface area contributed by atoms with Gasteiger partial charge in [0.05, 0.1) is 19.1 Å². The zero-order valence-corrected chi connectivity index (χ0v) is 13.4. The van der Waals surface area contributed by atoms with Crippen LogP contribution >= 0.6 is 0 Å². The normalized spacial score (nSPS) is 16.1. The number of carbonyl (C=O) groups excluding carboxylic acids is 1. The highest BCUT2D eigenvalue weighted by molar-refractivity contribution is 5.83. The predicted molar refractivity (Wildman–Crippen MR) is 91.3 cm³/mol. The van der Waals surface area contributed by atoms with Gasteiger partial charge in [-0.25, -0.2) is 0 Å². The molecule has 23 heavy (non-hydrogen) atoms. The molecule has 0 spiro atoms. The van der Waals surface area contributed by atoms with Gasteiger partial charge in [-0.2, -0.15) is 0 Å². The van der Waals surface area contributed by atoms with Gasteiger partial charge in [0.2, 0.25) is 5.91 Å². The van der Waals surface area contributed by atoms with Crippen LogP contribution in [0.15, 0.2) is 60.7 Å². The topological polar surface area (TPSA) is 29.5 Å². The van der Waals surface area contributed by atoms with Crippen molar-refractivity contribution < 1.29 is 9.53 Å². The fourth-order valence-electron chi connectivity index (χ4n) is 3.08. The van der Waals surface area contributed by atoms with Crippen molar-refractivity contribution >= 4 is 5.91 Å². The molecule has 1 heterocycles. The van der Waals surface area contributed by atoms with E-state index in [1.165, 1.54) is 5.56 Å². The molecule has 1 aliphatic heterocycles. The fourth-order valence-corrected chi connectivity index (χ4v) is 3.08. The van der Waals surface area contributed by atoms with Crippen LogP contribution < -0.4 is 0 Å². The van der Waals surface area contributed by atoms with Crippen molar-refractivity contribution in [1.29, 1.82) is 0 Å². The second-order valence-electron chi connectivity index (χ2n) is 5.93. The average molecular weight is 309 g/mol. The van der Waals surface area contributed by atoms with Gasteiger partial charge in [0.15, 0.2) is 0 Å². The summed E-state index contributed by atoms with van der Waals surface area (Å²) >= 11 is 0. The molecule has 1 atom stereocenters. The monoisotopic (exact) mass is 309 g/mol. The Kier molecular flexibility index (Phi) is 5.43. The molecule has 0 saturated carbocycles. The zero-order valence-electron chi connectivity index (χ0n) is 13.4. The number of hydrogen-bond donors (Lipinski definition) is 0. The van der Waals surface area contributed by atoms with E-state index >= 15 is 0 Å². The third kappa shape index (κ3) is 4.20. The van der Waals surface area contributed by atoms with Crippen LogP contribution in [0.1, 0.15) is 23.5 Å². The Morgan fingerprint density at radius 1 is 0.957 bits per heavy atom. The van der Waals surface area contributed by atoms with Gasteiger partial charge in [0, 0.05) is 13.1 Å². The first-order valence-electron chi connectivity index (χ1n) is 8.30. The van der Waals surface area contributed by atoms with E-state index in [0.717, 1.165) is 18.4 Å². The number of benzene rings is 2. The lowest BCUT2D eigenvalue weighted by molar-refractivity contribution is -0.137. The first-order valence-corrected chi connectivity index (χ1v) is 8.30. The predicted octanol–water partition coefficient (Wildman–Crippen LogP) is 3.26. The van der Waals surface area contributed by atoms with E-state index in [0.29, 0.717) is 26.3 Å². The highest BCUT2D eigenvalue weighted by Gasteiger charge is 2.26. The fraction of sp³-hybridized carbons (Fsp3) is 0.350. The van der Waals surface area contributed by atoms with Gasteiger partial charge >= 0.3 is 0 Å². The molecular formula is C20H23NO2. The summed E-state index contributed by atoms with van der Waals surface area (Å²) in [4.78, 5) is 14.9.